The highest BCUT2D eigenvalue weighted by Gasteiger charge is 2.37. The number of hydrogen-bond acceptors (Lipinski definition) is 6. The average molecular weight is 257 g/mol. The lowest BCUT2D eigenvalue weighted by Crippen LogP contribution is -2.40. The number of carbonyl (C=O) groups is 1. The maximum atomic E-state index is 11.1. The Morgan fingerprint density at radius 1 is 1.65 bits per heavy atom. The smallest absolute Gasteiger partial charge is 0.311 e. The van der Waals surface area contributed by atoms with E-state index in [0.717, 1.165) is 17.4 Å². The number of aliphatic carboxylic acids is 1. The molecule has 1 saturated heterocycles. The number of likely N-dealkylation sites (N-methyl/N-ethyl adjacent to an activating group) is 1. The summed E-state index contributed by atoms with van der Waals surface area (Å²) in [5, 5.41) is 9.84. The third kappa shape index (κ3) is 2.39. The first-order valence-electron chi connectivity index (χ1n) is 5.49. The predicted molar refractivity (Wildman–Crippen MR) is 63.4 cm³/mol. The third-order valence-electron chi connectivity index (χ3n) is 2.94. The van der Waals surface area contributed by atoms with Crippen molar-refractivity contribution in [2.75, 3.05) is 25.2 Å². The molecule has 1 aliphatic rings. The minimum absolute atomic E-state index is 0.162. The lowest BCUT2D eigenvalue weighted by atomic mass is 10.0. The van der Waals surface area contributed by atoms with Crippen molar-refractivity contribution in [3.05, 3.63) is 5.82 Å². The zero-order valence-corrected chi connectivity index (χ0v) is 10.6. The van der Waals surface area contributed by atoms with E-state index >= 15 is 0 Å². The summed E-state index contributed by atoms with van der Waals surface area (Å²) in [6.07, 6.45) is 0.786. The molecule has 0 amide bonds. The fourth-order valence-electron chi connectivity index (χ4n) is 1.83. The van der Waals surface area contributed by atoms with Crippen molar-refractivity contribution in [3.8, 4) is 0 Å². The molecule has 0 saturated carbocycles. The number of aryl methyl sites for hydroxylation is 1. The third-order valence-corrected chi connectivity index (χ3v) is 3.79. The van der Waals surface area contributed by atoms with Gasteiger partial charge in [-0.3, -0.25) is 4.79 Å². The van der Waals surface area contributed by atoms with Gasteiger partial charge in [-0.05, 0) is 0 Å². The molecule has 6 nitrogen and oxygen atoms in total. The van der Waals surface area contributed by atoms with Crippen LogP contribution >= 0.6 is 11.5 Å². The summed E-state index contributed by atoms with van der Waals surface area (Å²) in [6, 6.07) is -0.162. The van der Waals surface area contributed by atoms with E-state index in [2.05, 4.69) is 9.36 Å². The van der Waals surface area contributed by atoms with Gasteiger partial charge in [0.2, 0.25) is 5.13 Å². The molecule has 0 radical (unpaired) electrons. The van der Waals surface area contributed by atoms with E-state index in [1.807, 2.05) is 18.9 Å². The molecule has 0 aliphatic carbocycles. The molecule has 0 bridgehead atoms. The molecule has 1 fully saturated rings. The lowest BCUT2D eigenvalue weighted by molar-refractivity contribution is -0.141. The Morgan fingerprint density at radius 2 is 2.41 bits per heavy atom. The maximum Gasteiger partial charge on any atom is 0.311 e. The van der Waals surface area contributed by atoms with Gasteiger partial charge >= 0.3 is 5.97 Å². The summed E-state index contributed by atoms with van der Waals surface area (Å²) >= 11 is 1.30. The van der Waals surface area contributed by atoms with E-state index < -0.39 is 11.9 Å². The molecule has 2 unspecified atom stereocenters. The number of aromatic nitrogens is 2. The number of carboxylic acids is 1. The quantitative estimate of drug-likeness (QED) is 0.853. The van der Waals surface area contributed by atoms with Crippen LogP contribution in [-0.4, -0.2) is 46.7 Å². The number of ether oxygens (including phenoxy) is 1. The minimum atomic E-state index is -0.820. The highest BCUT2D eigenvalue weighted by atomic mass is 32.1. The van der Waals surface area contributed by atoms with Crippen LogP contribution in [0.25, 0.3) is 0 Å². The fraction of sp³-hybridized carbons (Fsp3) is 0.700. The summed E-state index contributed by atoms with van der Waals surface area (Å²) < 4.78 is 9.44. The van der Waals surface area contributed by atoms with E-state index in [-0.39, 0.29) is 12.6 Å². The van der Waals surface area contributed by atoms with E-state index in [1.54, 1.807) is 0 Å². The first-order chi connectivity index (χ1) is 8.13. The van der Waals surface area contributed by atoms with Crippen molar-refractivity contribution in [2.45, 2.75) is 19.4 Å². The minimum Gasteiger partial charge on any atom is -0.481 e. The van der Waals surface area contributed by atoms with Gasteiger partial charge in [-0.2, -0.15) is 4.37 Å². The van der Waals surface area contributed by atoms with Crippen LogP contribution in [0.4, 0.5) is 5.13 Å². The monoisotopic (exact) mass is 257 g/mol. The van der Waals surface area contributed by atoms with Gasteiger partial charge < -0.3 is 14.7 Å². The van der Waals surface area contributed by atoms with Crippen LogP contribution in [0.3, 0.4) is 0 Å². The molecular weight excluding hydrogens is 242 g/mol. The first-order valence-corrected chi connectivity index (χ1v) is 6.26. The van der Waals surface area contributed by atoms with Gasteiger partial charge in [0.15, 0.2) is 0 Å². The van der Waals surface area contributed by atoms with Crippen molar-refractivity contribution >= 4 is 22.6 Å². The summed E-state index contributed by atoms with van der Waals surface area (Å²) in [5.74, 6) is -0.517. The Morgan fingerprint density at radius 3 is 3.00 bits per heavy atom. The molecule has 0 spiro atoms. The highest BCUT2D eigenvalue weighted by molar-refractivity contribution is 7.09. The summed E-state index contributed by atoms with van der Waals surface area (Å²) in [4.78, 5) is 17.3. The second-order valence-corrected chi connectivity index (χ2v) is 4.74. The van der Waals surface area contributed by atoms with Crippen LogP contribution in [0.2, 0.25) is 0 Å². The topological polar surface area (TPSA) is 75.6 Å². The largest absolute Gasteiger partial charge is 0.481 e. The Hall–Kier alpha value is -1.21. The Bertz CT molecular complexity index is 409. The first kappa shape index (κ1) is 12.3. The van der Waals surface area contributed by atoms with Crippen molar-refractivity contribution < 1.29 is 14.6 Å². The molecule has 2 rings (SSSR count). The summed E-state index contributed by atoms with van der Waals surface area (Å²) in [7, 11) is 1.84. The lowest BCUT2D eigenvalue weighted by Gasteiger charge is -2.25. The standard InChI is InChI=1S/C10H15N3O3S/c1-3-8-11-10(17-12-8)13(2)7-5-16-4-6(7)9(14)15/h6-7H,3-5H2,1-2H3,(H,14,15). The number of rotatable bonds is 4. The molecule has 1 aliphatic heterocycles. The molecule has 17 heavy (non-hydrogen) atoms. The Balaban J connectivity index is 2.13. The fourth-order valence-corrected chi connectivity index (χ4v) is 2.60. The molecule has 0 aromatic carbocycles. The van der Waals surface area contributed by atoms with Crippen LogP contribution in [0.5, 0.6) is 0 Å². The van der Waals surface area contributed by atoms with Crippen LogP contribution in [-0.2, 0) is 16.0 Å². The number of nitrogens with zero attached hydrogens (tertiary/aromatic N) is 3. The van der Waals surface area contributed by atoms with Crippen LogP contribution in [0, 0.1) is 5.92 Å². The van der Waals surface area contributed by atoms with Crippen molar-refractivity contribution in [2.24, 2.45) is 5.92 Å². The van der Waals surface area contributed by atoms with Crippen molar-refractivity contribution in [1.82, 2.24) is 9.36 Å². The SMILES string of the molecule is CCc1nsc(N(C)C2COCC2C(=O)O)n1. The van der Waals surface area contributed by atoms with Crippen molar-refractivity contribution in [3.63, 3.8) is 0 Å². The van der Waals surface area contributed by atoms with Gasteiger partial charge in [-0.1, -0.05) is 6.92 Å². The van der Waals surface area contributed by atoms with Crippen molar-refractivity contribution in [1.29, 1.82) is 0 Å². The molecule has 1 aromatic rings. The molecule has 1 N–H and O–H groups in total. The molecule has 94 valence electrons. The average Bonchev–Trinajstić information content (AvgIpc) is 2.97. The van der Waals surface area contributed by atoms with E-state index in [9.17, 15) is 4.79 Å². The predicted octanol–water partition coefficient (Wildman–Crippen LogP) is 0.636. The summed E-state index contributed by atoms with van der Waals surface area (Å²) in [5.41, 5.74) is 0. The van der Waals surface area contributed by atoms with Gasteiger partial charge in [0, 0.05) is 25.0 Å². The second kappa shape index (κ2) is 4.97. The zero-order chi connectivity index (χ0) is 12.4. The van der Waals surface area contributed by atoms with Gasteiger partial charge in [-0.15, -0.1) is 0 Å². The highest BCUT2D eigenvalue weighted by Crippen LogP contribution is 2.25. The van der Waals surface area contributed by atoms with Gasteiger partial charge in [0.25, 0.3) is 0 Å². The number of carboxylic acid groups (broad SMARTS) is 1. The normalized spacial score (nSPS) is 23.9. The van der Waals surface area contributed by atoms with Crippen LogP contribution in [0.1, 0.15) is 12.7 Å². The Labute approximate surface area is 103 Å². The second-order valence-electron chi connectivity index (χ2n) is 4.01. The molecule has 2 heterocycles. The molecule has 7 heteroatoms. The zero-order valence-electron chi connectivity index (χ0n) is 9.79. The van der Waals surface area contributed by atoms with Gasteiger partial charge in [-0.25, -0.2) is 4.98 Å². The molecule has 1 aromatic heterocycles. The van der Waals surface area contributed by atoms with E-state index in [1.165, 1.54) is 11.5 Å². The van der Waals surface area contributed by atoms with Crippen LogP contribution in [0.15, 0.2) is 0 Å². The van der Waals surface area contributed by atoms with E-state index in [4.69, 9.17) is 9.84 Å². The van der Waals surface area contributed by atoms with E-state index in [0.29, 0.717) is 6.61 Å². The van der Waals surface area contributed by atoms with Crippen LogP contribution < -0.4 is 4.90 Å². The Kier molecular flexibility index (Phi) is 3.58. The summed E-state index contributed by atoms with van der Waals surface area (Å²) in [6.45, 7) is 2.68. The number of anilines is 1. The maximum absolute atomic E-state index is 11.1. The number of hydrogen-bond donors (Lipinski definition) is 1. The molecular formula is C10H15N3O3S. The molecule has 2 atom stereocenters. The van der Waals surface area contributed by atoms with Gasteiger partial charge in [0.05, 0.1) is 19.3 Å². The van der Waals surface area contributed by atoms with Gasteiger partial charge in [0.1, 0.15) is 11.7 Å².